The summed E-state index contributed by atoms with van der Waals surface area (Å²) < 4.78 is 19.0. The van der Waals surface area contributed by atoms with Crippen molar-refractivity contribution in [2.75, 3.05) is 13.2 Å². The summed E-state index contributed by atoms with van der Waals surface area (Å²) in [5, 5.41) is 2.89. The second-order valence-electron chi connectivity index (χ2n) is 5.20. The molecule has 1 N–H and O–H groups in total. The zero-order chi connectivity index (χ0) is 13.8. The highest BCUT2D eigenvalue weighted by Gasteiger charge is 2.23. The van der Waals surface area contributed by atoms with Crippen LogP contribution in [0.3, 0.4) is 0 Å². The molecule has 0 bridgehead atoms. The van der Waals surface area contributed by atoms with Crippen LogP contribution in [0.25, 0.3) is 0 Å². The van der Waals surface area contributed by atoms with E-state index in [-0.39, 0.29) is 17.5 Å². The molecule has 1 amide bonds. The summed E-state index contributed by atoms with van der Waals surface area (Å²) in [5.74, 6) is -0.389. The van der Waals surface area contributed by atoms with Crippen molar-refractivity contribution in [2.24, 2.45) is 5.92 Å². The Morgan fingerprint density at radius 1 is 1.42 bits per heavy atom. The molecule has 0 aliphatic carbocycles. The van der Waals surface area contributed by atoms with E-state index < -0.39 is 5.82 Å². The van der Waals surface area contributed by atoms with E-state index in [4.69, 9.17) is 4.74 Å². The Morgan fingerprint density at radius 3 is 2.74 bits per heavy atom. The van der Waals surface area contributed by atoms with Gasteiger partial charge in [0.15, 0.2) is 0 Å². The van der Waals surface area contributed by atoms with E-state index in [1.807, 2.05) is 6.92 Å². The summed E-state index contributed by atoms with van der Waals surface area (Å²) >= 11 is 0. The van der Waals surface area contributed by atoms with Crippen molar-refractivity contribution in [3.8, 4) is 0 Å². The van der Waals surface area contributed by atoms with E-state index in [1.54, 1.807) is 13.0 Å². The Kier molecular flexibility index (Phi) is 4.53. The number of hydrogen-bond donors (Lipinski definition) is 1. The molecule has 0 radical (unpaired) electrons. The van der Waals surface area contributed by atoms with E-state index in [0.29, 0.717) is 5.92 Å². The van der Waals surface area contributed by atoms with Gasteiger partial charge in [-0.1, -0.05) is 6.07 Å². The largest absolute Gasteiger partial charge is 0.381 e. The molecule has 1 heterocycles. The lowest BCUT2D eigenvalue weighted by Gasteiger charge is -2.28. The molecular weight excluding hydrogens is 245 g/mol. The fourth-order valence-corrected chi connectivity index (χ4v) is 2.42. The number of rotatable bonds is 3. The highest BCUT2D eigenvalue weighted by Crippen LogP contribution is 2.19. The zero-order valence-corrected chi connectivity index (χ0v) is 11.4. The van der Waals surface area contributed by atoms with E-state index >= 15 is 0 Å². The van der Waals surface area contributed by atoms with Crippen molar-refractivity contribution >= 4 is 5.91 Å². The Hall–Kier alpha value is -1.42. The second-order valence-corrected chi connectivity index (χ2v) is 5.20. The minimum Gasteiger partial charge on any atom is -0.381 e. The van der Waals surface area contributed by atoms with Crippen molar-refractivity contribution < 1.29 is 13.9 Å². The van der Waals surface area contributed by atoms with Gasteiger partial charge in [0.1, 0.15) is 5.82 Å². The molecule has 1 aliphatic rings. The standard InChI is InChI=1S/C15H20FNO2/c1-10-3-4-13(14(16)9-10)15(18)17-11(2)12-5-7-19-8-6-12/h3-4,9,11-12H,5-8H2,1-2H3,(H,17,18). The Morgan fingerprint density at radius 2 is 2.11 bits per heavy atom. The van der Waals surface area contributed by atoms with Crippen molar-refractivity contribution in [3.05, 3.63) is 35.1 Å². The van der Waals surface area contributed by atoms with Gasteiger partial charge in [0, 0.05) is 19.3 Å². The van der Waals surface area contributed by atoms with Crippen LogP contribution in [0.4, 0.5) is 4.39 Å². The normalized spacial score (nSPS) is 18.1. The summed E-state index contributed by atoms with van der Waals surface area (Å²) in [6, 6.07) is 4.71. The second kappa shape index (κ2) is 6.15. The molecule has 1 unspecified atom stereocenters. The molecule has 0 aromatic heterocycles. The lowest BCUT2D eigenvalue weighted by molar-refractivity contribution is 0.0537. The molecule has 19 heavy (non-hydrogen) atoms. The van der Waals surface area contributed by atoms with E-state index in [9.17, 15) is 9.18 Å². The fourth-order valence-electron chi connectivity index (χ4n) is 2.42. The number of carbonyl (C=O) groups excluding carboxylic acids is 1. The van der Waals surface area contributed by atoms with Crippen LogP contribution in [-0.2, 0) is 4.74 Å². The molecule has 1 fully saturated rings. The molecule has 4 heteroatoms. The number of amides is 1. The molecule has 1 aromatic rings. The van der Waals surface area contributed by atoms with Gasteiger partial charge in [-0.25, -0.2) is 4.39 Å². The fraction of sp³-hybridized carbons (Fsp3) is 0.533. The lowest BCUT2D eigenvalue weighted by atomic mass is 9.92. The first-order chi connectivity index (χ1) is 9.08. The van der Waals surface area contributed by atoms with Gasteiger partial charge >= 0.3 is 0 Å². The number of halogens is 1. The van der Waals surface area contributed by atoms with Gasteiger partial charge in [-0.2, -0.15) is 0 Å². The molecule has 1 aliphatic heterocycles. The molecule has 1 aromatic carbocycles. The van der Waals surface area contributed by atoms with Gasteiger partial charge in [-0.3, -0.25) is 4.79 Å². The third kappa shape index (κ3) is 3.53. The average Bonchev–Trinajstić information content (AvgIpc) is 2.39. The predicted molar refractivity (Wildman–Crippen MR) is 71.6 cm³/mol. The van der Waals surface area contributed by atoms with Crippen LogP contribution >= 0.6 is 0 Å². The topological polar surface area (TPSA) is 38.3 Å². The maximum atomic E-state index is 13.7. The molecule has 3 nitrogen and oxygen atoms in total. The summed E-state index contributed by atoms with van der Waals surface area (Å²) in [4.78, 5) is 12.0. The van der Waals surface area contributed by atoms with Crippen LogP contribution in [0.5, 0.6) is 0 Å². The van der Waals surface area contributed by atoms with E-state index in [0.717, 1.165) is 31.6 Å². The molecule has 0 spiro atoms. The predicted octanol–water partition coefficient (Wildman–Crippen LogP) is 2.68. The van der Waals surface area contributed by atoms with Crippen LogP contribution in [-0.4, -0.2) is 25.2 Å². The average molecular weight is 265 g/mol. The van der Waals surface area contributed by atoms with Crippen LogP contribution in [0, 0.1) is 18.7 Å². The lowest BCUT2D eigenvalue weighted by Crippen LogP contribution is -2.40. The number of ether oxygens (including phenoxy) is 1. The molecule has 0 saturated carbocycles. The summed E-state index contributed by atoms with van der Waals surface area (Å²) in [7, 11) is 0. The third-order valence-electron chi connectivity index (χ3n) is 3.70. The van der Waals surface area contributed by atoms with Crippen LogP contribution in [0.15, 0.2) is 18.2 Å². The maximum Gasteiger partial charge on any atom is 0.254 e. The van der Waals surface area contributed by atoms with Crippen LogP contribution < -0.4 is 5.32 Å². The third-order valence-corrected chi connectivity index (χ3v) is 3.70. The SMILES string of the molecule is Cc1ccc(C(=O)NC(C)C2CCOCC2)c(F)c1. The van der Waals surface area contributed by atoms with Crippen molar-refractivity contribution in [1.82, 2.24) is 5.32 Å². The van der Waals surface area contributed by atoms with Gasteiger partial charge in [-0.15, -0.1) is 0 Å². The summed E-state index contributed by atoms with van der Waals surface area (Å²) in [5.41, 5.74) is 0.927. The van der Waals surface area contributed by atoms with Crippen molar-refractivity contribution in [2.45, 2.75) is 32.7 Å². The van der Waals surface area contributed by atoms with Gasteiger partial charge in [0.2, 0.25) is 0 Å². The first-order valence-electron chi connectivity index (χ1n) is 6.72. The van der Waals surface area contributed by atoms with Gasteiger partial charge in [-0.05, 0) is 50.3 Å². The molecule has 1 atom stereocenters. The Balaban J connectivity index is 1.99. The van der Waals surface area contributed by atoms with Crippen molar-refractivity contribution in [3.63, 3.8) is 0 Å². The maximum absolute atomic E-state index is 13.7. The molecule has 2 rings (SSSR count). The molecule has 104 valence electrons. The smallest absolute Gasteiger partial charge is 0.254 e. The molecular formula is C15H20FNO2. The molecule has 1 saturated heterocycles. The number of aryl methyl sites for hydroxylation is 1. The van der Waals surface area contributed by atoms with Crippen LogP contribution in [0.2, 0.25) is 0 Å². The van der Waals surface area contributed by atoms with Crippen LogP contribution in [0.1, 0.15) is 35.7 Å². The van der Waals surface area contributed by atoms with Gasteiger partial charge in [0.25, 0.3) is 5.91 Å². The minimum absolute atomic E-state index is 0.0390. The first-order valence-corrected chi connectivity index (χ1v) is 6.72. The first kappa shape index (κ1) is 14.0. The zero-order valence-electron chi connectivity index (χ0n) is 11.4. The van der Waals surface area contributed by atoms with E-state index in [1.165, 1.54) is 12.1 Å². The summed E-state index contributed by atoms with van der Waals surface area (Å²) in [6.45, 7) is 5.25. The Labute approximate surface area is 113 Å². The minimum atomic E-state index is -0.461. The van der Waals surface area contributed by atoms with E-state index in [2.05, 4.69) is 5.32 Å². The Bertz CT molecular complexity index is 455. The van der Waals surface area contributed by atoms with Gasteiger partial charge in [0.05, 0.1) is 5.56 Å². The van der Waals surface area contributed by atoms with Crippen molar-refractivity contribution in [1.29, 1.82) is 0 Å². The van der Waals surface area contributed by atoms with Gasteiger partial charge < -0.3 is 10.1 Å². The number of benzene rings is 1. The highest BCUT2D eigenvalue weighted by molar-refractivity contribution is 5.94. The number of carbonyl (C=O) groups is 1. The number of nitrogens with one attached hydrogen (secondary N) is 1. The highest BCUT2D eigenvalue weighted by atomic mass is 19.1. The number of hydrogen-bond acceptors (Lipinski definition) is 2. The quantitative estimate of drug-likeness (QED) is 0.912. The monoisotopic (exact) mass is 265 g/mol. The summed E-state index contributed by atoms with van der Waals surface area (Å²) in [6.07, 6.45) is 1.88.